The molecule has 0 spiro atoms. The molecule has 0 saturated carbocycles. The molecule has 1 atom stereocenters. The van der Waals surface area contributed by atoms with Crippen molar-refractivity contribution in [3.8, 4) is 11.5 Å². The molecule has 0 saturated heterocycles. The number of nitrogens with zero attached hydrogens (tertiary/aromatic N) is 3. The van der Waals surface area contributed by atoms with Crippen LogP contribution in [0, 0.1) is 10.1 Å². The van der Waals surface area contributed by atoms with Gasteiger partial charge < -0.3 is 9.15 Å². The summed E-state index contributed by atoms with van der Waals surface area (Å²) in [7, 11) is 0. The highest BCUT2D eigenvalue weighted by molar-refractivity contribution is 5.87. The number of esters is 1. The minimum atomic E-state index is -0.719. The lowest BCUT2D eigenvalue weighted by Gasteiger charge is -2.06. The van der Waals surface area contributed by atoms with Gasteiger partial charge in [0.05, 0.1) is 4.92 Å². The van der Waals surface area contributed by atoms with Crippen molar-refractivity contribution in [1.82, 2.24) is 10.2 Å². The zero-order chi connectivity index (χ0) is 19.2. The smallest absolute Gasteiger partial charge is 0.331 e. The summed E-state index contributed by atoms with van der Waals surface area (Å²) in [6.45, 7) is 1.62. The van der Waals surface area contributed by atoms with Crippen LogP contribution < -0.4 is 0 Å². The molecular formula is C19H15N3O5. The Morgan fingerprint density at radius 3 is 2.52 bits per heavy atom. The Bertz CT molecular complexity index is 965. The van der Waals surface area contributed by atoms with Crippen LogP contribution in [0.15, 0.2) is 65.1 Å². The molecule has 0 fully saturated rings. The number of carbonyl (C=O) groups excluding carboxylic acids is 1. The fourth-order valence-corrected chi connectivity index (χ4v) is 2.23. The number of hydrogen-bond acceptors (Lipinski definition) is 7. The maximum atomic E-state index is 11.9. The lowest BCUT2D eigenvalue weighted by molar-refractivity contribution is -0.384. The largest absolute Gasteiger partial charge is 0.449 e. The van der Waals surface area contributed by atoms with Gasteiger partial charge in [-0.15, -0.1) is 10.2 Å². The lowest BCUT2D eigenvalue weighted by Crippen LogP contribution is -2.06. The number of benzene rings is 2. The highest BCUT2D eigenvalue weighted by Crippen LogP contribution is 2.22. The minimum absolute atomic E-state index is 0.0195. The highest BCUT2D eigenvalue weighted by Gasteiger charge is 2.18. The Labute approximate surface area is 154 Å². The monoisotopic (exact) mass is 365 g/mol. The van der Waals surface area contributed by atoms with Gasteiger partial charge in [-0.1, -0.05) is 18.2 Å². The third kappa shape index (κ3) is 4.63. The van der Waals surface area contributed by atoms with Crippen LogP contribution in [0.2, 0.25) is 0 Å². The first-order valence-electron chi connectivity index (χ1n) is 8.05. The third-order valence-electron chi connectivity index (χ3n) is 3.62. The summed E-state index contributed by atoms with van der Waals surface area (Å²) in [5.41, 5.74) is 1.39. The molecule has 1 aromatic heterocycles. The molecular weight excluding hydrogens is 350 g/mol. The van der Waals surface area contributed by atoms with E-state index in [4.69, 9.17) is 9.15 Å². The van der Waals surface area contributed by atoms with E-state index in [2.05, 4.69) is 10.2 Å². The lowest BCUT2D eigenvalue weighted by atomic mass is 10.2. The van der Waals surface area contributed by atoms with Crippen LogP contribution in [0.1, 0.15) is 24.5 Å². The Morgan fingerprint density at radius 2 is 1.85 bits per heavy atom. The van der Waals surface area contributed by atoms with E-state index in [0.29, 0.717) is 11.5 Å². The van der Waals surface area contributed by atoms with E-state index >= 15 is 0 Å². The van der Waals surface area contributed by atoms with Crippen molar-refractivity contribution in [3.05, 3.63) is 82.2 Å². The molecule has 0 N–H and O–H groups in total. The summed E-state index contributed by atoms with van der Waals surface area (Å²) in [6, 6.07) is 15.0. The van der Waals surface area contributed by atoms with Crippen molar-refractivity contribution >= 4 is 17.7 Å². The molecule has 1 unspecified atom stereocenters. The second kappa shape index (κ2) is 8.05. The van der Waals surface area contributed by atoms with Gasteiger partial charge in [0.2, 0.25) is 5.89 Å². The van der Waals surface area contributed by atoms with E-state index in [1.54, 1.807) is 6.92 Å². The highest BCUT2D eigenvalue weighted by atomic mass is 16.6. The number of rotatable bonds is 6. The molecule has 0 radical (unpaired) electrons. The molecule has 0 aliphatic carbocycles. The summed E-state index contributed by atoms with van der Waals surface area (Å²) < 4.78 is 10.8. The van der Waals surface area contributed by atoms with E-state index < -0.39 is 17.0 Å². The number of nitro benzene ring substituents is 1. The van der Waals surface area contributed by atoms with Crippen molar-refractivity contribution in [3.63, 3.8) is 0 Å². The van der Waals surface area contributed by atoms with Gasteiger partial charge in [0, 0.05) is 23.8 Å². The van der Waals surface area contributed by atoms with Crippen LogP contribution in [0.4, 0.5) is 5.69 Å². The molecule has 27 heavy (non-hydrogen) atoms. The predicted molar refractivity (Wildman–Crippen MR) is 96.4 cm³/mol. The van der Waals surface area contributed by atoms with Crippen molar-refractivity contribution in [2.75, 3.05) is 0 Å². The van der Waals surface area contributed by atoms with Crippen LogP contribution in [-0.4, -0.2) is 21.1 Å². The molecule has 0 amide bonds. The normalized spacial score (nSPS) is 12.0. The van der Waals surface area contributed by atoms with Gasteiger partial charge in [-0.05, 0) is 42.8 Å². The molecule has 2 aromatic carbocycles. The van der Waals surface area contributed by atoms with Crippen molar-refractivity contribution in [2.45, 2.75) is 13.0 Å². The Morgan fingerprint density at radius 1 is 1.15 bits per heavy atom. The number of carbonyl (C=O) groups is 1. The van der Waals surface area contributed by atoms with Gasteiger partial charge in [-0.25, -0.2) is 4.79 Å². The zero-order valence-electron chi connectivity index (χ0n) is 14.3. The van der Waals surface area contributed by atoms with E-state index in [1.807, 2.05) is 30.3 Å². The van der Waals surface area contributed by atoms with E-state index in [9.17, 15) is 14.9 Å². The van der Waals surface area contributed by atoms with E-state index in [-0.39, 0.29) is 11.6 Å². The number of non-ortho nitro benzene ring substituents is 1. The third-order valence-corrected chi connectivity index (χ3v) is 3.62. The van der Waals surface area contributed by atoms with Crippen LogP contribution >= 0.6 is 0 Å². The first-order chi connectivity index (χ1) is 13.0. The van der Waals surface area contributed by atoms with E-state index in [0.717, 1.165) is 5.56 Å². The summed E-state index contributed by atoms with van der Waals surface area (Å²) in [5, 5.41) is 18.5. The molecule has 1 heterocycles. The second-order valence-electron chi connectivity index (χ2n) is 5.57. The molecule has 0 bridgehead atoms. The van der Waals surface area contributed by atoms with Crippen molar-refractivity contribution in [2.24, 2.45) is 0 Å². The molecule has 3 aromatic rings. The van der Waals surface area contributed by atoms with E-state index in [1.165, 1.54) is 36.4 Å². The molecule has 0 aliphatic heterocycles. The minimum Gasteiger partial charge on any atom is -0.449 e. The average molecular weight is 365 g/mol. The van der Waals surface area contributed by atoms with Gasteiger partial charge in [-0.3, -0.25) is 10.1 Å². The first-order valence-corrected chi connectivity index (χ1v) is 8.05. The summed E-state index contributed by atoms with van der Waals surface area (Å²) in [6.07, 6.45) is 2.01. The Hall–Kier alpha value is -3.81. The summed E-state index contributed by atoms with van der Waals surface area (Å²) in [5.74, 6) is -0.0684. The Kier molecular flexibility index (Phi) is 5.36. The van der Waals surface area contributed by atoms with Crippen LogP contribution in [0.5, 0.6) is 0 Å². The molecule has 0 aliphatic rings. The maximum absolute atomic E-state index is 11.9. The van der Waals surface area contributed by atoms with Crippen LogP contribution in [-0.2, 0) is 9.53 Å². The Balaban J connectivity index is 1.60. The van der Waals surface area contributed by atoms with Gasteiger partial charge >= 0.3 is 5.97 Å². The van der Waals surface area contributed by atoms with Gasteiger partial charge in [0.15, 0.2) is 6.10 Å². The maximum Gasteiger partial charge on any atom is 0.331 e. The predicted octanol–water partition coefficient (Wildman–Crippen LogP) is 3.96. The molecule has 136 valence electrons. The van der Waals surface area contributed by atoms with Gasteiger partial charge in [0.1, 0.15) is 0 Å². The van der Waals surface area contributed by atoms with Crippen molar-refractivity contribution < 1.29 is 18.9 Å². The van der Waals surface area contributed by atoms with Crippen LogP contribution in [0.25, 0.3) is 17.5 Å². The first kappa shape index (κ1) is 18.0. The quantitative estimate of drug-likeness (QED) is 0.281. The number of aromatic nitrogens is 2. The molecule has 3 rings (SSSR count). The second-order valence-corrected chi connectivity index (χ2v) is 5.57. The molecule has 8 heteroatoms. The summed E-state index contributed by atoms with van der Waals surface area (Å²) >= 11 is 0. The fraction of sp³-hybridized carbons (Fsp3) is 0.105. The van der Waals surface area contributed by atoms with Gasteiger partial charge in [0.25, 0.3) is 11.6 Å². The fourth-order valence-electron chi connectivity index (χ4n) is 2.23. The summed E-state index contributed by atoms with van der Waals surface area (Å²) in [4.78, 5) is 22.1. The average Bonchev–Trinajstić information content (AvgIpc) is 3.18. The van der Waals surface area contributed by atoms with Crippen molar-refractivity contribution in [1.29, 1.82) is 0 Å². The number of ether oxygens (including phenoxy) is 1. The number of hydrogen-bond donors (Lipinski definition) is 0. The number of nitro groups is 1. The van der Waals surface area contributed by atoms with Gasteiger partial charge in [-0.2, -0.15) is 0 Å². The standard InChI is InChI=1S/C19H15N3O5/c1-13(18-20-21-19(27-18)15-5-3-2-4-6-15)26-17(23)12-9-14-7-10-16(11-8-14)22(24)25/h2-13H,1H3/b12-9+. The SMILES string of the molecule is CC(OC(=O)/C=C/c1ccc([N+](=O)[O-])cc1)c1nnc(-c2ccccc2)o1. The zero-order valence-corrected chi connectivity index (χ0v) is 14.3. The van der Waals surface area contributed by atoms with Crippen LogP contribution in [0.3, 0.4) is 0 Å². The topological polar surface area (TPSA) is 108 Å². The molecule has 8 nitrogen and oxygen atoms in total.